The number of morpholine rings is 1. The van der Waals surface area contributed by atoms with Crippen LogP contribution in [0.4, 0.5) is 5.69 Å². The van der Waals surface area contributed by atoms with E-state index in [0.29, 0.717) is 37.6 Å². The molecule has 0 aliphatic carbocycles. The Morgan fingerprint density at radius 3 is 1.97 bits per heavy atom. The molecule has 0 spiro atoms. The number of carbonyl (C=O) groups excluding carboxylic acids is 2. The number of anilines is 1. The molecule has 33 heavy (non-hydrogen) atoms. The smallest absolute Gasteiger partial charge is 0.256 e. The molecule has 0 aromatic heterocycles. The Balaban J connectivity index is 1.50. The van der Waals surface area contributed by atoms with Crippen LogP contribution in [0.25, 0.3) is 0 Å². The Bertz CT molecular complexity index is 1080. The lowest BCUT2D eigenvalue weighted by atomic mass is 9.90. The summed E-state index contributed by atoms with van der Waals surface area (Å²) in [5, 5.41) is 5.99. The molecule has 3 aromatic rings. The normalized spacial score (nSPS) is 13.4. The second-order valence-corrected chi connectivity index (χ2v) is 8.06. The number of ether oxygens (including phenoxy) is 1. The zero-order valence-electron chi connectivity index (χ0n) is 18.1. The monoisotopic (exact) mass is 459 g/mol. The first-order valence-corrected chi connectivity index (χ1v) is 11.2. The number of benzene rings is 3. The van der Waals surface area contributed by atoms with Gasteiger partial charge >= 0.3 is 0 Å². The number of nitrogens with one attached hydrogen (secondary N) is 2. The fourth-order valence-corrected chi connectivity index (χ4v) is 4.05. The maximum atomic E-state index is 13.3. The summed E-state index contributed by atoms with van der Waals surface area (Å²) >= 11 is 5.45. The highest BCUT2D eigenvalue weighted by Crippen LogP contribution is 2.25. The highest BCUT2D eigenvalue weighted by Gasteiger charge is 2.24. The third-order valence-electron chi connectivity index (χ3n) is 5.47. The summed E-state index contributed by atoms with van der Waals surface area (Å²) in [7, 11) is 0. The van der Waals surface area contributed by atoms with Crippen LogP contribution in [-0.2, 0) is 9.53 Å². The van der Waals surface area contributed by atoms with Crippen LogP contribution in [0.15, 0.2) is 84.9 Å². The van der Waals surface area contributed by atoms with Crippen LogP contribution >= 0.6 is 12.2 Å². The predicted molar refractivity (Wildman–Crippen MR) is 132 cm³/mol. The topological polar surface area (TPSA) is 70.7 Å². The molecule has 0 atom stereocenters. The minimum Gasteiger partial charge on any atom is -0.378 e. The fourth-order valence-electron chi connectivity index (χ4n) is 3.84. The lowest BCUT2D eigenvalue weighted by Crippen LogP contribution is -2.41. The molecule has 1 heterocycles. The molecule has 7 heteroatoms. The summed E-state index contributed by atoms with van der Waals surface area (Å²) in [5.74, 6) is -0.860. The number of amides is 2. The van der Waals surface area contributed by atoms with Crippen molar-refractivity contribution in [2.75, 3.05) is 31.6 Å². The van der Waals surface area contributed by atoms with Gasteiger partial charge in [-0.15, -0.1) is 0 Å². The second kappa shape index (κ2) is 10.8. The molecule has 2 amide bonds. The van der Waals surface area contributed by atoms with Crippen LogP contribution < -0.4 is 10.6 Å². The molecule has 0 saturated carbocycles. The number of rotatable bonds is 5. The highest BCUT2D eigenvalue weighted by atomic mass is 32.1. The molecule has 0 unspecified atom stereocenters. The maximum absolute atomic E-state index is 13.3. The lowest BCUT2D eigenvalue weighted by Gasteiger charge is -2.27. The zero-order valence-corrected chi connectivity index (χ0v) is 18.9. The molecule has 4 rings (SSSR count). The van der Waals surface area contributed by atoms with Crippen molar-refractivity contribution >= 4 is 34.8 Å². The first-order chi connectivity index (χ1) is 16.1. The molecule has 0 bridgehead atoms. The van der Waals surface area contributed by atoms with E-state index >= 15 is 0 Å². The van der Waals surface area contributed by atoms with Crippen molar-refractivity contribution in [3.05, 3.63) is 102 Å². The van der Waals surface area contributed by atoms with Crippen LogP contribution in [-0.4, -0.2) is 48.1 Å². The summed E-state index contributed by atoms with van der Waals surface area (Å²) in [4.78, 5) is 28.0. The summed E-state index contributed by atoms with van der Waals surface area (Å²) in [6.45, 7) is 2.14. The van der Waals surface area contributed by atoms with Crippen LogP contribution in [0.2, 0.25) is 0 Å². The van der Waals surface area contributed by atoms with E-state index < -0.39 is 5.92 Å². The molecule has 3 aromatic carbocycles. The van der Waals surface area contributed by atoms with Gasteiger partial charge in [0.05, 0.1) is 30.4 Å². The summed E-state index contributed by atoms with van der Waals surface area (Å²) in [5.41, 5.74) is 2.78. The van der Waals surface area contributed by atoms with Gasteiger partial charge < -0.3 is 20.3 Å². The van der Waals surface area contributed by atoms with Gasteiger partial charge in [0.2, 0.25) is 5.91 Å². The SMILES string of the molecule is O=C(NC(=S)Nc1ccccc1C(=O)N1CCOCC1)C(c1ccccc1)c1ccccc1. The molecule has 2 N–H and O–H groups in total. The van der Waals surface area contributed by atoms with Gasteiger partial charge in [-0.05, 0) is 35.5 Å². The van der Waals surface area contributed by atoms with Crippen molar-refractivity contribution < 1.29 is 14.3 Å². The van der Waals surface area contributed by atoms with E-state index in [2.05, 4.69) is 10.6 Å². The third-order valence-corrected chi connectivity index (χ3v) is 5.67. The number of nitrogens with zero attached hydrogens (tertiary/aromatic N) is 1. The van der Waals surface area contributed by atoms with Gasteiger partial charge in [0.1, 0.15) is 0 Å². The average molecular weight is 460 g/mol. The second-order valence-electron chi connectivity index (χ2n) is 7.65. The van der Waals surface area contributed by atoms with Crippen molar-refractivity contribution in [2.45, 2.75) is 5.92 Å². The maximum Gasteiger partial charge on any atom is 0.256 e. The van der Waals surface area contributed by atoms with Crippen molar-refractivity contribution in [2.24, 2.45) is 0 Å². The summed E-state index contributed by atoms with van der Waals surface area (Å²) in [6, 6.07) is 26.3. The van der Waals surface area contributed by atoms with Crippen LogP contribution in [0.5, 0.6) is 0 Å². The van der Waals surface area contributed by atoms with E-state index in [1.807, 2.05) is 66.7 Å². The van der Waals surface area contributed by atoms with Crippen molar-refractivity contribution in [3.63, 3.8) is 0 Å². The van der Waals surface area contributed by atoms with Gasteiger partial charge in [-0.2, -0.15) is 0 Å². The molecule has 0 radical (unpaired) electrons. The van der Waals surface area contributed by atoms with Crippen LogP contribution in [0.1, 0.15) is 27.4 Å². The number of thiocarbonyl (C=S) groups is 1. The third kappa shape index (κ3) is 5.63. The Labute approximate surface area is 198 Å². The quantitative estimate of drug-likeness (QED) is 0.568. The van der Waals surface area contributed by atoms with Gasteiger partial charge in [0.15, 0.2) is 5.11 Å². The Morgan fingerprint density at radius 1 is 0.818 bits per heavy atom. The van der Waals surface area contributed by atoms with E-state index in [1.165, 1.54) is 0 Å². The summed E-state index contributed by atoms with van der Waals surface area (Å²) < 4.78 is 5.34. The number of hydrogen-bond acceptors (Lipinski definition) is 4. The standard InChI is InChI=1S/C26H25N3O3S/c30-24(23(19-9-3-1-4-10-19)20-11-5-2-6-12-20)28-26(33)27-22-14-8-7-13-21(22)25(31)29-15-17-32-18-16-29/h1-14,23H,15-18H2,(H2,27,28,30,33). The molecule has 1 fully saturated rings. The van der Waals surface area contributed by atoms with Gasteiger partial charge in [0.25, 0.3) is 5.91 Å². The van der Waals surface area contributed by atoms with E-state index in [4.69, 9.17) is 17.0 Å². The first-order valence-electron chi connectivity index (χ1n) is 10.8. The van der Waals surface area contributed by atoms with Gasteiger partial charge in [0, 0.05) is 13.1 Å². The van der Waals surface area contributed by atoms with E-state index in [-0.39, 0.29) is 16.9 Å². The Hall–Kier alpha value is -3.55. The van der Waals surface area contributed by atoms with Gasteiger partial charge in [-0.1, -0.05) is 72.8 Å². The zero-order chi connectivity index (χ0) is 23.0. The Morgan fingerprint density at radius 2 is 1.36 bits per heavy atom. The minimum atomic E-state index is -0.516. The van der Waals surface area contributed by atoms with Crippen molar-refractivity contribution in [1.29, 1.82) is 0 Å². The molecular formula is C26H25N3O3S. The highest BCUT2D eigenvalue weighted by molar-refractivity contribution is 7.80. The molecule has 6 nitrogen and oxygen atoms in total. The van der Waals surface area contributed by atoms with Crippen molar-refractivity contribution in [3.8, 4) is 0 Å². The summed E-state index contributed by atoms with van der Waals surface area (Å²) in [6.07, 6.45) is 0. The first kappa shape index (κ1) is 22.6. The molecular weight excluding hydrogens is 434 g/mol. The molecule has 1 aliphatic heterocycles. The predicted octanol–water partition coefficient (Wildman–Crippen LogP) is 3.80. The molecule has 1 saturated heterocycles. The van der Waals surface area contributed by atoms with E-state index in [1.54, 1.807) is 23.1 Å². The van der Waals surface area contributed by atoms with Gasteiger partial charge in [-0.3, -0.25) is 9.59 Å². The molecule has 168 valence electrons. The van der Waals surface area contributed by atoms with E-state index in [0.717, 1.165) is 11.1 Å². The number of para-hydroxylation sites is 1. The minimum absolute atomic E-state index is 0.0954. The van der Waals surface area contributed by atoms with Crippen LogP contribution in [0.3, 0.4) is 0 Å². The average Bonchev–Trinajstić information content (AvgIpc) is 2.86. The number of hydrogen-bond donors (Lipinski definition) is 2. The number of carbonyl (C=O) groups is 2. The molecule has 1 aliphatic rings. The van der Waals surface area contributed by atoms with Crippen molar-refractivity contribution in [1.82, 2.24) is 10.2 Å². The largest absolute Gasteiger partial charge is 0.378 e. The van der Waals surface area contributed by atoms with E-state index in [9.17, 15) is 9.59 Å². The Kier molecular flexibility index (Phi) is 7.44. The van der Waals surface area contributed by atoms with Gasteiger partial charge in [-0.25, -0.2) is 0 Å². The van der Waals surface area contributed by atoms with Crippen LogP contribution in [0, 0.1) is 0 Å². The lowest BCUT2D eigenvalue weighted by molar-refractivity contribution is -0.120. The fraction of sp³-hybridized carbons (Fsp3) is 0.192.